The van der Waals surface area contributed by atoms with E-state index in [9.17, 15) is 9.59 Å². The average molecular weight is 384 g/mol. The van der Waals surface area contributed by atoms with Crippen LogP contribution in [0.25, 0.3) is 0 Å². The molecule has 0 radical (unpaired) electrons. The van der Waals surface area contributed by atoms with Gasteiger partial charge in [-0.3, -0.25) is 9.59 Å². The second kappa shape index (κ2) is 13.9. The van der Waals surface area contributed by atoms with Gasteiger partial charge in [-0.25, -0.2) is 0 Å². The van der Waals surface area contributed by atoms with E-state index in [2.05, 4.69) is 11.9 Å². The zero-order valence-electron chi connectivity index (χ0n) is 17.6. The summed E-state index contributed by atoms with van der Waals surface area (Å²) in [6, 6.07) is 0. The first-order valence-corrected chi connectivity index (χ1v) is 10.5. The number of Topliss-reactive ketones (excluding diaryl/α,β-unsaturated/α-hetero) is 1. The van der Waals surface area contributed by atoms with Crippen LogP contribution >= 0.6 is 0 Å². The number of nitrogens with one attached hydrogen (secondary N) is 1. The maximum absolute atomic E-state index is 12.2. The molecule has 1 N–H and O–H groups in total. The standard InChI is InChI=1S/C22H39NO4.H2/c1-17(2)16-27-14-6-5-13-26-15-7-12-23-22(25)20-10-8-19(9-11-20)21(24)18(3)4;/h18-20H,1,5-16H2,2-4H3,(H,23,25);1H. The summed E-state index contributed by atoms with van der Waals surface area (Å²) in [6.45, 7) is 13.1. The van der Waals surface area contributed by atoms with Crippen molar-refractivity contribution in [1.29, 1.82) is 0 Å². The van der Waals surface area contributed by atoms with Gasteiger partial charge in [0.15, 0.2) is 0 Å². The molecule has 1 saturated carbocycles. The van der Waals surface area contributed by atoms with Crippen molar-refractivity contribution < 1.29 is 20.5 Å². The minimum Gasteiger partial charge on any atom is -0.381 e. The summed E-state index contributed by atoms with van der Waals surface area (Å²) in [5.41, 5.74) is 1.05. The van der Waals surface area contributed by atoms with E-state index >= 15 is 0 Å². The molecule has 158 valence electrons. The molecule has 5 nitrogen and oxygen atoms in total. The molecule has 5 heteroatoms. The molecule has 0 bridgehead atoms. The minimum atomic E-state index is 0. The van der Waals surface area contributed by atoms with Crippen molar-refractivity contribution in [3.63, 3.8) is 0 Å². The number of carbonyl (C=O) groups excluding carboxylic acids is 2. The third-order valence-corrected chi connectivity index (χ3v) is 5.01. The van der Waals surface area contributed by atoms with Crippen LogP contribution in [-0.4, -0.2) is 44.7 Å². The Morgan fingerprint density at radius 3 is 2.15 bits per heavy atom. The molecule has 0 unspecified atom stereocenters. The fourth-order valence-electron chi connectivity index (χ4n) is 3.40. The monoisotopic (exact) mass is 383 g/mol. The molecule has 0 aliphatic heterocycles. The quantitative estimate of drug-likeness (QED) is 0.361. The fraction of sp³-hybridized carbons (Fsp3) is 0.818. The predicted octanol–water partition coefficient (Wildman–Crippen LogP) is 4.16. The Labute approximate surface area is 166 Å². The second-order valence-corrected chi connectivity index (χ2v) is 8.08. The van der Waals surface area contributed by atoms with Crippen molar-refractivity contribution in [3.05, 3.63) is 12.2 Å². The molecule has 1 rings (SSSR count). The van der Waals surface area contributed by atoms with Crippen LogP contribution in [0, 0.1) is 17.8 Å². The van der Waals surface area contributed by atoms with Gasteiger partial charge in [-0.15, -0.1) is 0 Å². The van der Waals surface area contributed by atoms with Gasteiger partial charge < -0.3 is 14.8 Å². The zero-order chi connectivity index (χ0) is 20.1. The number of amides is 1. The summed E-state index contributed by atoms with van der Waals surface area (Å²) in [4.78, 5) is 24.3. The minimum absolute atomic E-state index is 0. The predicted molar refractivity (Wildman–Crippen MR) is 111 cm³/mol. The van der Waals surface area contributed by atoms with Crippen molar-refractivity contribution in [2.45, 2.75) is 65.7 Å². The largest absolute Gasteiger partial charge is 0.381 e. The molecule has 0 aromatic rings. The van der Waals surface area contributed by atoms with Gasteiger partial charge in [-0.05, 0) is 51.9 Å². The molecule has 1 fully saturated rings. The zero-order valence-corrected chi connectivity index (χ0v) is 17.6. The Kier molecular flexibility index (Phi) is 12.3. The van der Waals surface area contributed by atoms with E-state index in [0.717, 1.165) is 63.7 Å². The summed E-state index contributed by atoms with van der Waals surface area (Å²) < 4.78 is 11.0. The molecule has 0 aromatic carbocycles. The smallest absolute Gasteiger partial charge is 0.223 e. The number of hydrogen-bond donors (Lipinski definition) is 1. The summed E-state index contributed by atoms with van der Waals surface area (Å²) in [7, 11) is 0. The van der Waals surface area contributed by atoms with E-state index in [4.69, 9.17) is 9.47 Å². The van der Waals surface area contributed by atoms with Gasteiger partial charge in [0.2, 0.25) is 5.91 Å². The first kappa shape index (κ1) is 23.8. The summed E-state index contributed by atoms with van der Waals surface area (Å²) in [6.07, 6.45) is 6.19. The molecular formula is C22H41NO4. The highest BCUT2D eigenvalue weighted by molar-refractivity contribution is 5.83. The van der Waals surface area contributed by atoms with Gasteiger partial charge in [-0.1, -0.05) is 26.0 Å². The SMILES string of the molecule is C=C(C)COCCCCOCCCNC(=O)C1CCC(C(=O)C(C)C)CC1.[HH]. The molecule has 0 spiro atoms. The fourth-order valence-corrected chi connectivity index (χ4v) is 3.40. The maximum atomic E-state index is 12.2. The van der Waals surface area contributed by atoms with E-state index in [1.54, 1.807) is 0 Å². The van der Waals surface area contributed by atoms with Gasteiger partial charge in [0.1, 0.15) is 5.78 Å². The molecule has 0 aromatic heterocycles. The lowest BCUT2D eigenvalue weighted by molar-refractivity contribution is -0.130. The Hall–Kier alpha value is -1.20. The third-order valence-electron chi connectivity index (χ3n) is 5.01. The van der Waals surface area contributed by atoms with Crippen LogP contribution in [0.5, 0.6) is 0 Å². The first-order chi connectivity index (χ1) is 12.9. The van der Waals surface area contributed by atoms with Crippen LogP contribution in [0.1, 0.15) is 67.1 Å². The highest BCUT2D eigenvalue weighted by atomic mass is 16.5. The van der Waals surface area contributed by atoms with Crippen molar-refractivity contribution in [2.24, 2.45) is 17.8 Å². The lowest BCUT2D eigenvalue weighted by Crippen LogP contribution is -2.35. The lowest BCUT2D eigenvalue weighted by Gasteiger charge is -2.27. The van der Waals surface area contributed by atoms with Gasteiger partial charge in [0, 0.05) is 45.5 Å². The number of hydrogen-bond acceptors (Lipinski definition) is 4. The lowest BCUT2D eigenvalue weighted by atomic mass is 9.77. The number of unbranched alkanes of at least 4 members (excludes halogenated alkanes) is 1. The number of ketones is 1. The molecule has 1 amide bonds. The van der Waals surface area contributed by atoms with E-state index in [0.29, 0.717) is 25.5 Å². The van der Waals surface area contributed by atoms with E-state index in [-0.39, 0.29) is 25.1 Å². The number of ether oxygens (including phenoxy) is 2. The molecule has 0 atom stereocenters. The average Bonchev–Trinajstić information content (AvgIpc) is 2.65. The van der Waals surface area contributed by atoms with Crippen molar-refractivity contribution in [1.82, 2.24) is 5.32 Å². The Bertz CT molecular complexity index is 459. The van der Waals surface area contributed by atoms with Crippen LogP contribution in [-0.2, 0) is 19.1 Å². The molecule has 0 saturated heterocycles. The summed E-state index contributed by atoms with van der Waals surface area (Å²) >= 11 is 0. The Morgan fingerprint density at radius 1 is 1.00 bits per heavy atom. The molecule has 1 aliphatic carbocycles. The first-order valence-electron chi connectivity index (χ1n) is 10.5. The van der Waals surface area contributed by atoms with Crippen molar-refractivity contribution >= 4 is 11.7 Å². The molecule has 1 aliphatic rings. The van der Waals surface area contributed by atoms with Gasteiger partial charge in [0.05, 0.1) is 6.61 Å². The third kappa shape index (κ3) is 10.6. The Balaban J connectivity index is 0.00000729. The van der Waals surface area contributed by atoms with Crippen LogP contribution in [0.3, 0.4) is 0 Å². The van der Waals surface area contributed by atoms with Crippen LogP contribution in [0.2, 0.25) is 0 Å². The number of rotatable bonds is 14. The normalized spacial score (nSPS) is 19.9. The second-order valence-electron chi connectivity index (χ2n) is 8.08. The highest BCUT2D eigenvalue weighted by Crippen LogP contribution is 2.31. The molecule has 0 heterocycles. The Morgan fingerprint density at radius 2 is 1.56 bits per heavy atom. The topological polar surface area (TPSA) is 64.6 Å². The molecule has 27 heavy (non-hydrogen) atoms. The van der Waals surface area contributed by atoms with E-state index < -0.39 is 0 Å². The summed E-state index contributed by atoms with van der Waals surface area (Å²) in [5.74, 6) is 0.827. The highest BCUT2D eigenvalue weighted by Gasteiger charge is 2.30. The van der Waals surface area contributed by atoms with Crippen molar-refractivity contribution in [2.75, 3.05) is 33.0 Å². The van der Waals surface area contributed by atoms with Crippen LogP contribution < -0.4 is 5.32 Å². The van der Waals surface area contributed by atoms with E-state index in [1.165, 1.54) is 0 Å². The van der Waals surface area contributed by atoms with Crippen molar-refractivity contribution in [3.8, 4) is 0 Å². The van der Waals surface area contributed by atoms with Gasteiger partial charge in [0.25, 0.3) is 0 Å². The number of carbonyl (C=O) groups is 2. The van der Waals surface area contributed by atoms with Gasteiger partial charge in [-0.2, -0.15) is 0 Å². The van der Waals surface area contributed by atoms with Gasteiger partial charge >= 0.3 is 0 Å². The van der Waals surface area contributed by atoms with E-state index in [1.807, 2.05) is 20.8 Å². The van der Waals surface area contributed by atoms with Crippen LogP contribution in [0.15, 0.2) is 12.2 Å². The summed E-state index contributed by atoms with van der Waals surface area (Å²) in [5, 5.41) is 3.02. The maximum Gasteiger partial charge on any atom is 0.223 e. The van der Waals surface area contributed by atoms with Crippen LogP contribution in [0.4, 0.5) is 0 Å². The molecular weight excluding hydrogens is 342 g/mol.